The van der Waals surface area contributed by atoms with Crippen LogP contribution in [0.1, 0.15) is 37.7 Å². The van der Waals surface area contributed by atoms with Crippen molar-refractivity contribution in [1.82, 2.24) is 9.78 Å². The van der Waals surface area contributed by atoms with E-state index in [9.17, 15) is 0 Å². The fourth-order valence-corrected chi connectivity index (χ4v) is 2.65. The monoisotopic (exact) mass is 256 g/mol. The van der Waals surface area contributed by atoms with Crippen LogP contribution in [0.25, 0.3) is 5.69 Å². The largest absolute Gasteiger partial charge is 0.487 e. The van der Waals surface area contributed by atoms with E-state index in [2.05, 4.69) is 30.2 Å². The highest BCUT2D eigenvalue weighted by Crippen LogP contribution is 2.23. The molecular weight excluding hydrogens is 236 g/mol. The zero-order chi connectivity index (χ0) is 13.1. The van der Waals surface area contributed by atoms with Crippen LogP contribution in [0.2, 0.25) is 0 Å². The Morgan fingerprint density at radius 2 is 2.05 bits per heavy atom. The van der Waals surface area contributed by atoms with E-state index in [-0.39, 0.29) is 0 Å². The summed E-state index contributed by atoms with van der Waals surface area (Å²) < 4.78 is 7.88. The molecule has 1 heterocycles. The van der Waals surface area contributed by atoms with E-state index >= 15 is 0 Å². The number of hydrogen-bond acceptors (Lipinski definition) is 2. The topological polar surface area (TPSA) is 27.1 Å². The van der Waals surface area contributed by atoms with Crippen LogP contribution in [0.3, 0.4) is 0 Å². The van der Waals surface area contributed by atoms with E-state index < -0.39 is 0 Å². The van der Waals surface area contributed by atoms with Gasteiger partial charge in [0.1, 0.15) is 0 Å². The van der Waals surface area contributed by atoms with Crippen LogP contribution in [-0.2, 0) is 0 Å². The minimum atomic E-state index is 0.379. The summed E-state index contributed by atoms with van der Waals surface area (Å²) in [4.78, 5) is 0. The molecule has 0 spiro atoms. The molecule has 3 heteroatoms. The first-order chi connectivity index (χ1) is 9.31. The van der Waals surface area contributed by atoms with E-state index in [1.54, 1.807) is 0 Å². The maximum atomic E-state index is 6.00. The summed E-state index contributed by atoms with van der Waals surface area (Å²) in [6.07, 6.45) is 10.4. The fourth-order valence-electron chi connectivity index (χ4n) is 2.65. The van der Waals surface area contributed by atoms with Crippen molar-refractivity contribution in [2.24, 2.45) is 0 Å². The number of rotatable bonds is 3. The SMILES string of the molecule is Cc1cccc(-n2cc(OC3CCCCC3)cn2)c1. The molecule has 0 atom stereocenters. The van der Waals surface area contributed by atoms with Gasteiger partial charge in [0.25, 0.3) is 0 Å². The lowest BCUT2D eigenvalue weighted by Gasteiger charge is -2.21. The van der Waals surface area contributed by atoms with E-state index in [1.165, 1.54) is 37.7 Å². The van der Waals surface area contributed by atoms with Crippen molar-refractivity contribution >= 4 is 0 Å². The van der Waals surface area contributed by atoms with Crippen LogP contribution < -0.4 is 4.74 Å². The highest BCUT2D eigenvalue weighted by molar-refractivity contribution is 5.35. The Labute approximate surface area is 114 Å². The molecule has 0 N–H and O–H groups in total. The normalized spacial score (nSPS) is 16.5. The summed E-state index contributed by atoms with van der Waals surface area (Å²) in [6, 6.07) is 8.32. The first-order valence-corrected chi connectivity index (χ1v) is 7.10. The van der Waals surface area contributed by atoms with Crippen molar-refractivity contribution in [1.29, 1.82) is 0 Å². The molecule has 2 aromatic rings. The Hall–Kier alpha value is -1.77. The summed E-state index contributed by atoms with van der Waals surface area (Å²) in [5.74, 6) is 0.883. The summed E-state index contributed by atoms with van der Waals surface area (Å²) in [6.45, 7) is 2.09. The van der Waals surface area contributed by atoms with E-state index in [0.717, 1.165) is 11.4 Å². The average Bonchev–Trinajstić information content (AvgIpc) is 2.88. The van der Waals surface area contributed by atoms with Crippen LogP contribution in [0, 0.1) is 6.92 Å². The van der Waals surface area contributed by atoms with Gasteiger partial charge in [0.15, 0.2) is 5.75 Å². The second-order valence-corrected chi connectivity index (χ2v) is 5.34. The second-order valence-electron chi connectivity index (χ2n) is 5.34. The van der Waals surface area contributed by atoms with Crippen LogP contribution >= 0.6 is 0 Å². The molecule has 1 saturated carbocycles. The van der Waals surface area contributed by atoms with Gasteiger partial charge in [-0.15, -0.1) is 0 Å². The van der Waals surface area contributed by atoms with Crippen molar-refractivity contribution in [3.63, 3.8) is 0 Å². The number of hydrogen-bond donors (Lipinski definition) is 0. The van der Waals surface area contributed by atoms with Gasteiger partial charge in [-0.2, -0.15) is 5.10 Å². The lowest BCUT2D eigenvalue weighted by molar-refractivity contribution is 0.155. The zero-order valence-corrected chi connectivity index (χ0v) is 11.4. The first kappa shape index (κ1) is 12.3. The molecule has 19 heavy (non-hydrogen) atoms. The van der Waals surface area contributed by atoms with Crippen molar-refractivity contribution < 1.29 is 4.74 Å². The predicted molar refractivity (Wildman–Crippen MR) is 75.8 cm³/mol. The summed E-state index contributed by atoms with van der Waals surface area (Å²) in [5.41, 5.74) is 2.32. The number of ether oxygens (including phenoxy) is 1. The lowest BCUT2D eigenvalue weighted by atomic mass is 9.98. The molecule has 0 saturated heterocycles. The standard InChI is InChI=1S/C16H20N2O/c1-13-6-5-7-14(10-13)18-12-16(11-17-18)19-15-8-3-2-4-9-15/h5-7,10-12,15H,2-4,8-9H2,1H3. The molecule has 3 nitrogen and oxygen atoms in total. The van der Waals surface area contributed by atoms with Crippen molar-refractivity contribution in [2.45, 2.75) is 45.1 Å². The Balaban J connectivity index is 1.72. The number of nitrogens with zero attached hydrogens (tertiary/aromatic N) is 2. The predicted octanol–water partition coefficient (Wildman–Crippen LogP) is 3.89. The average molecular weight is 256 g/mol. The summed E-state index contributed by atoms with van der Waals surface area (Å²) in [5, 5.41) is 4.38. The smallest absolute Gasteiger partial charge is 0.158 e. The van der Waals surface area contributed by atoms with Gasteiger partial charge >= 0.3 is 0 Å². The number of benzene rings is 1. The van der Waals surface area contributed by atoms with Gasteiger partial charge in [-0.1, -0.05) is 18.6 Å². The van der Waals surface area contributed by atoms with Gasteiger partial charge in [-0.3, -0.25) is 0 Å². The van der Waals surface area contributed by atoms with Crippen LogP contribution in [0.4, 0.5) is 0 Å². The van der Waals surface area contributed by atoms with Crippen LogP contribution in [0.15, 0.2) is 36.7 Å². The van der Waals surface area contributed by atoms with Gasteiger partial charge in [-0.25, -0.2) is 4.68 Å². The molecule has 0 amide bonds. The second kappa shape index (κ2) is 5.47. The third kappa shape index (κ3) is 2.98. The van der Waals surface area contributed by atoms with E-state index in [0.29, 0.717) is 6.10 Å². The molecule has 0 bridgehead atoms. The maximum Gasteiger partial charge on any atom is 0.158 e. The van der Waals surface area contributed by atoms with Crippen molar-refractivity contribution in [3.8, 4) is 11.4 Å². The highest BCUT2D eigenvalue weighted by atomic mass is 16.5. The maximum absolute atomic E-state index is 6.00. The molecule has 100 valence electrons. The Morgan fingerprint density at radius 1 is 1.21 bits per heavy atom. The third-order valence-corrected chi connectivity index (χ3v) is 3.68. The molecule has 1 aliphatic carbocycles. The molecule has 1 aliphatic rings. The van der Waals surface area contributed by atoms with Gasteiger partial charge < -0.3 is 4.74 Å². The summed E-state index contributed by atoms with van der Waals surface area (Å²) in [7, 11) is 0. The van der Waals surface area contributed by atoms with Gasteiger partial charge in [0.2, 0.25) is 0 Å². The summed E-state index contributed by atoms with van der Waals surface area (Å²) >= 11 is 0. The molecule has 3 rings (SSSR count). The highest BCUT2D eigenvalue weighted by Gasteiger charge is 2.15. The molecular formula is C16H20N2O. The Kier molecular flexibility index (Phi) is 3.53. The molecule has 0 aliphatic heterocycles. The third-order valence-electron chi connectivity index (χ3n) is 3.68. The van der Waals surface area contributed by atoms with Crippen molar-refractivity contribution in [3.05, 3.63) is 42.2 Å². The minimum absolute atomic E-state index is 0.379. The van der Waals surface area contributed by atoms with E-state index in [1.807, 2.05) is 23.1 Å². The first-order valence-electron chi connectivity index (χ1n) is 7.10. The quantitative estimate of drug-likeness (QED) is 0.833. The molecule has 1 fully saturated rings. The Morgan fingerprint density at radius 3 is 2.84 bits per heavy atom. The van der Waals surface area contributed by atoms with Crippen LogP contribution in [0.5, 0.6) is 5.75 Å². The molecule has 0 unspecified atom stereocenters. The van der Waals surface area contributed by atoms with Gasteiger partial charge in [-0.05, 0) is 50.3 Å². The Bertz CT molecular complexity index is 541. The fraction of sp³-hybridized carbons (Fsp3) is 0.438. The van der Waals surface area contributed by atoms with Crippen molar-refractivity contribution in [2.75, 3.05) is 0 Å². The zero-order valence-electron chi connectivity index (χ0n) is 11.4. The van der Waals surface area contributed by atoms with E-state index in [4.69, 9.17) is 4.74 Å². The number of aryl methyl sites for hydroxylation is 1. The molecule has 1 aromatic carbocycles. The van der Waals surface area contributed by atoms with Crippen LogP contribution in [-0.4, -0.2) is 15.9 Å². The molecule has 0 radical (unpaired) electrons. The van der Waals surface area contributed by atoms with Gasteiger partial charge in [0, 0.05) is 0 Å². The lowest BCUT2D eigenvalue weighted by Crippen LogP contribution is -2.19. The minimum Gasteiger partial charge on any atom is -0.487 e. The van der Waals surface area contributed by atoms with Gasteiger partial charge in [0.05, 0.1) is 24.2 Å². The molecule has 1 aromatic heterocycles. The number of aromatic nitrogens is 2.